The summed E-state index contributed by atoms with van der Waals surface area (Å²) in [6.45, 7) is 3.59. The highest BCUT2D eigenvalue weighted by molar-refractivity contribution is 7.85. The molecule has 0 unspecified atom stereocenters. The van der Waals surface area contributed by atoms with Crippen molar-refractivity contribution in [1.29, 1.82) is 0 Å². The number of hydrogen-bond donors (Lipinski definition) is 0. The van der Waals surface area contributed by atoms with Gasteiger partial charge in [-0.1, -0.05) is 24.8 Å². The third kappa shape index (κ3) is 3.57. The van der Waals surface area contributed by atoms with Crippen molar-refractivity contribution in [3.8, 4) is 23.0 Å². The first-order valence-electron chi connectivity index (χ1n) is 6.73. The zero-order valence-electron chi connectivity index (χ0n) is 13.2. The van der Waals surface area contributed by atoms with Crippen molar-refractivity contribution in [3.63, 3.8) is 0 Å². The van der Waals surface area contributed by atoms with Crippen LogP contribution in [0.3, 0.4) is 0 Å². The Kier molecular flexibility index (Phi) is 5.29. The second-order valence-electron chi connectivity index (χ2n) is 4.68. The summed E-state index contributed by atoms with van der Waals surface area (Å²) in [5.74, 6) is -5.33. The number of hydrogen-bond acceptors (Lipinski definition) is 6. The van der Waals surface area contributed by atoms with Crippen LogP contribution in [-0.2, 0) is 10.1 Å². The molecule has 0 aromatic heterocycles. The van der Waals surface area contributed by atoms with Gasteiger partial charge in [-0.2, -0.15) is 0 Å². The van der Waals surface area contributed by atoms with Gasteiger partial charge in [-0.05, 0) is 17.7 Å². The molecule has 0 aliphatic carbocycles. The third-order valence-corrected chi connectivity index (χ3v) is 4.06. The van der Waals surface area contributed by atoms with Crippen molar-refractivity contribution in [2.24, 2.45) is 0 Å². The quantitative estimate of drug-likeness (QED) is 0.724. The minimum Gasteiger partial charge on any atom is -0.744 e. The molecular weight excluding hydrogens is 358 g/mol. The van der Waals surface area contributed by atoms with Crippen molar-refractivity contribution in [1.82, 2.24) is 0 Å². The van der Waals surface area contributed by atoms with Gasteiger partial charge < -0.3 is 18.8 Å². The number of benzene rings is 2. The lowest BCUT2D eigenvalue weighted by atomic mass is 10.2. The number of methoxy groups -OCH3 is 2. The molecule has 0 saturated heterocycles. The third-order valence-electron chi connectivity index (χ3n) is 3.20. The fourth-order valence-corrected chi connectivity index (χ4v) is 2.70. The summed E-state index contributed by atoms with van der Waals surface area (Å²) in [5, 5.41) is 0. The van der Waals surface area contributed by atoms with Crippen molar-refractivity contribution in [2.45, 2.75) is 4.90 Å². The van der Waals surface area contributed by atoms with Gasteiger partial charge in [0, 0.05) is 0 Å². The summed E-state index contributed by atoms with van der Waals surface area (Å²) in [5.41, 5.74) is 0.774. The maximum atomic E-state index is 14.3. The average molecular weight is 371 g/mol. The van der Waals surface area contributed by atoms with Gasteiger partial charge in [-0.3, -0.25) is 0 Å². The van der Waals surface area contributed by atoms with Gasteiger partial charge in [-0.25, -0.2) is 17.2 Å². The van der Waals surface area contributed by atoms with Gasteiger partial charge in [-0.15, -0.1) is 0 Å². The molecule has 2 aromatic rings. The lowest BCUT2D eigenvalue weighted by Crippen LogP contribution is -2.10. The second kappa shape index (κ2) is 7.08. The van der Waals surface area contributed by atoms with Crippen LogP contribution in [0.2, 0.25) is 0 Å². The summed E-state index contributed by atoms with van der Waals surface area (Å²) >= 11 is 0. The van der Waals surface area contributed by atoms with E-state index in [2.05, 4.69) is 6.58 Å². The highest BCUT2D eigenvalue weighted by Crippen LogP contribution is 2.46. The van der Waals surface area contributed by atoms with Crippen molar-refractivity contribution in [3.05, 3.63) is 48.0 Å². The van der Waals surface area contributed by atoms with Gasteiger partial charge in [0.2, 0.25) is 17.2 Å². The highest BCUT2D eigenvalue weighted by atomic mass is 32.2. The lowest BCUT2D eigenvalue weighted by molar-refractivity contribution is 0.306. The monoisotopic (exact) mass is 371 g/mol. The van der Waals surface area contributed by atoms with Gasteiger partial charge in [0.15, 0.2) is 11.6 Å². The van der Waals surface area contributed by atoms with Crippen molar-refractivity contribution < 1.29 is 36.0 Å². The molecule has 0 atom stereocenters. The maximum Gasteiger partial charge on any atom is 0.217 e. The Bertz CT molecular complexity index is 876. The maximum absolute atomic E-state index is 14.3. The van der Waals surface area contributed by atoms with E-state index in [4.69, 9.17) is 14.2 Å². The summed E-state index contributed by atoms with van der Waals surface area (Å²) in [4.78, 5) is -1.70. The van der Waals surface area contributed by atoms with E-state index in [1.807, 2.05) is 0 Å². The standard InChI is InChI=1S/C16H14F2O6S/c1-4-9-5-7-10(8-6-9)24-15-13(22-2)11(17)16(25(19,20)21)12(18)14(15)23-3/h4-8H,1H2,2-3H3,(H,19,20,21)/p-1. The van der Waals surface area contributed by atoms with E-state index in [0.29, 0.717) is 0 Å². The first-order valence-corrected chi connectivity index (χ1v) is 8.14. The lowest BCUT2D eigenvalue weighted by Gasteiger charge is -2.19. The molecule has 25 heavy (non-hydrogen) atoms. The van der Waals surface area contributed by atoms with Gasteiger partial charge in [0.1, 0.15) is 20.8 Å². The molecule has 0 aliphatic rings. The molecular formula is C16H13F2O6S-. The van der Waals surface area contributed by atoms with E-state index in [1.54, 1.807) is 18.2 Å². The molecule has 0 saturated carbocycles. The molecule has 2 aromatic carbocycles. The fourth-order valence-electron chi connectivity index (χ4n) is 2.07. The normalized spacial score (nSPS) is 11.1. The smallest absolute Gasteiger partial charge is 0.217 e. The van der Waals surface area contributed by atoms with Crippen LogP contribution in [0, 0.1) is 11.6 Å². The van der Waals surface area contributed by atoms with Crippen LogP contribution in [0.15, 0.2) is 35.7 Å². The SMILES string of the molecule is C=Cc1ccc(Oc2c(OC)c(F)c(S(=O)(=O)[O-])c(F)c2OC)cc1. The van der Waals surface area contributed by atoms with Crippen molar-refractivity contribution >= 4 is 16.2 Å². The highest BCUT2D eigenvalue weighted by Gasteiger charge is 2.31. The molecule has 134 valence electrons. The minimum atomic E-state index is -5.45. The Morgan fingerprint density at radius 2 is 1.48 bits per heavy atom. The predicted octanol–water partition coefficient (Wildman–Crippen LogP) is 3.32. The van der Waals surface area contributed by atoms with E-state index in [9.17, 15) is 21.8 Å². The first-order chi connectivity index (χ1) is 11.7. The molecule has 0 radical (unpaired) electrons. The largest absolute Gasteiger partial charge is 0.744 e. The molecule has 6 nitrogen and oxygen atoms in total. The molecule has 0 heterocycles. The van der Waals surface area contributed by atoms with Crippen LogP contribution < -0.4 is 14.2 Å². The molecule has 2 rings (SSSR count). The average Bonchev–Trinajstić information content (AvgIpc) is 2.54. The zero-order valence-corrected chi connectivity index (χ0v) is 14.0. The first kappa shape index (κ1) is 18.7. The van der Waals surface area contributed by atoms with Crippen LogP contribution in [0.1, 0.15) is 5.56 Å². The number of rotatable bonds is 6. The molecule has 0 N–H and O–H groups in total. The summed E-state index contributed by atoms with van der Waals surface area (Å²) in [7, 11) is -3.45. The summed E-state index contributed by atoms with van der Waals surface area (Å²) in [6.07, 6.45) is 1.58. The van der Waals surface area contributed by atoms with E-state index >= 15 is 0 Å². The Hall–Kier alpha value is -2.65. The topological polar surface area (TPSA) is 84.9 Å². The van der Waals surface area contributed by atoms with E-state index < -0.39 is 43.9 Å². The van der Waals surface area contributed by atoms with Crippen LogP contribution in [-0.4, -0.2) is 27.2 Å². The van der Waals surface area contributed by atoms with Crippen LogP contribution in [0.4, 0.5) is 8.78 Å². The van der Waals surface area contributed by atoms with Gasteiger partial charge in [0.25, 0.3) is 0 Å². The summed E-state index contributed by atoms with van der Waals surface area (Å²) < 4.78 is 77.0. The molecule has 0 aliphatic heterocycles. The predicted molar refractivity (Wildman–Crippen MR) is 84.0 cm³/mol. The van der Waals surface area contributed by atoms with Crippen LogP contribution in [0.25, 0.3) is 6.08 Å². The minimum absolute atomic E-state index is 0.165. The van der Waals surface area contributed by atoms with Crippen LogP contribution >= 0.6 is 0 Å². The number of ether oxygens (including phenoxy) is 3. The Balaban J connectivity index is 2.69. The van der Waals surface area contributed by atoms with E-state index in [1.165, 1.54) is 12.1 Å². The Morgan fingerprint density at radius 3 is 1.84 bits per heavy atom. The molecule has 9 heteroatoms. The second-order valence-corrected chi connectivity index (χ2v) is 6.00. The van der Waals surface area contributed by atoms with E-state index in [-0.39, 0.29) is 5.75 Å². The summed E-state index contributed by atoms with van der Waals surface area (Å²) in [6, 6.07) is 6.24. The molecule has 0 spiro atoms. The molecule has 0 amide bonds. The van der Waals surface area contributed by atoms with E-state index in [0.717, 1.165) is 19.8 Å². The Morgan fingerprint density at radius 1 is 1.00 bits per heavy atom. The molecule has 0 fully saturated rings. The van der Waals surface area contributed by atoms with Gasteiger partial charge >= 0.3 is 0 Å². The van der Waals surface area contributed by atoms with Crippen LogP contribution in [0.5, 0.6) is 23.0 Å². The fraction of sp³-hybridized carbons (Fsp3) is 0.125. The van der Waals surface area contributed by atoms with Gasteiger partial charge in [0.05, 0.1) is 14.2 Å². The zero-order chi connectivity index (χ0) is 18.8. The van der Waals surface area contributed by atoms with Crippen molar-refractivity contribution in [2.75, 3.05) is 14.2 Å². The molecule has 0 bridgehead atoms. The Labute approximate surface area is 143 Å². The number of halogens is 2.